The van der Waals surface area contributed by atoms with Crippen molar-refractivity contribution in [3.05, 3.63) is 22.4 Å². The molecule has 1 atom stereocenters. The van der Waals surface area contributed by atoms with Crippen LogP contribution in [0.3, 0.4) is 0 Å². The second-order valence-electron chi connectivity index (χ2n) is 2.61. The van der Waals surface area contributed by atoms with Crippen molar-refractivity contribution in [2.45, 2.75) is 13.2 Å². The third-order valence-electron chi connectivity index (χ3n) is 1.54. The van der Waals surface area contributed by atoms with Crippen molar-refractivity contribution >= 4 is 23.2 Å². The highest BCUT2D eigenvalue weighted by Crippen LogP contribution is 2.10. The van der Waals surface area contributed by atoms with Crippen LogP contribution in [0.2, 0.25) is 0 Å². The first-order chi connectivity index (χ1) is 7.15. The summed E-state index contributed by atoms with van der Waals surface area (Å²) in [6, 6.07) is 3.26. The minimum absolute atomic E-state index is 0.186. The topological polar surface area (TPSA) is 75.6 Å². The molecule has 1 rings (SSSR count). The number of carbonyl (C=O) groups excluding carboxylic acids is 2. The number of carbonyl (C=O) groups is 2. The first kappa shape index (κ1) is 11.7. The Morgan fingerprint density at radius 3 is 2.93 bits per heavy atom. The van der Waals surface area contributed by atoms with Crippen molar-refractivity contribution in [3.8, 4) is 0 Å². The van der Waals surface area contributed by atoms with Gasteiger partial charge in [0.15, 0.2) is 6.23 Å². The summed E-state index contributed by atoms with van der Waals surface area (Å²) >= 11 is 1.20. The van der Waals surface area contributed by atoms with E-state index in [-0.39, 0.29) is 6.61 Å². The Balaban J connectivity index is 2.51. The van der Waals surface area contributed by atoms with E-state index in [4.69, 9.17) is 0 Å². The monoisotopic (exact) mass is 229 g/mol. The molecule has 0 unspecified atom stereocenters. The lowest BCUT2D eigenvalue weighted by atomic mass is 10.3. The summed E-state index contributed by atoms with van der Waals surface area (Å²) in [7, 11) is 0. The maximum Gasteiger partial charge on any atom is 0.409 e. The zero-order valence-electron chi connectivity index (χ0n) is 8.10. The van der Waals surface area contributed by atoms with E-state index in [0.717, 1.165) is 0 Å². The molecule has 15 heavy (non-hydrogen) atoms. The number of ketones is 1. The fourth-order valence-electron chi connectivity index (χ4n) is 0.903. The van der Waals surface area contributed by atoms with Crippen LogP contribution in [0.5, 0.6) is 0 Å². The highest BCUT2D eigenvalue weighted by Gasteiger charge is 2.20. The molecule has 0 fully saturated rings. The molecule has 82 valence electrons. The highest BCUT2D eigenvalue weighted by molar-refractivity contribution is 7.12. The number of rotatable bonds is 4. The van der Waals surface area contributed by atoms with Gasteiger partial charge in [0.05, 0.1) is 11.5 Å². The summed E-state index contributed by atoms with van der Waals surface area (Å²) < 4.78 is 4.52. The number of amides is 1. The van der Waals surface area contributed by atoms with Gasteiger partial charge in [-0.1, -0.05) is 6.07 Å². The van der Waals surface area contributed by atoms with Gasteiger partial charge in [-0.25, -0.2) is 4.79 Å². The largest absolute Gasteiger partial charge is 0.450 e. The molecular weight excluding hydrogens is 218 g/mol. The maximum absolute atomic E-state index is 11.4. The smallest absolute Gasteiger partial charge is 0.409 e. The molecule has 0 aliphatic carbocycles. The third kappa shape index (κ3) is 3.34. The molecule has 0 aliphatic rings. The van der Waals surface area contributed by atoms with Gasteiger partial charge in [0.2, 0.25) is 5.78 Å². The Kier molecular flexibility index (Phi) is 4.26. The Morgan fingerprint density at radius 1 is 1.67 bits per heavy atom. The lowest BCUT2D eigenvalue weighted by Crippen LogP contribution is -2.40. The number of aliphatic hydroxyl groups excluding tert-OH is 1. The molecule has 0 aliphatic heterocycles. The average molecular weight is 229 g/mol. The van der Waals surface area contributed by atoms with Crippen LogP contribution in [0.25, 0.3) is 0 Å². The fourth-order valence-corrected chi connectivity index (χ4v) is 1.59. The molecule has 0 bridgehead atoms. The Morgan fingerprint density at radius 2 is 2.40 bits per heavy atom. The van der Waals surface area contributed by atoms with Crippen LogP contribution in [0.1, 0.15) is 16.6 Å². The molecule has 1 aromatic rings. The van der Waals surface area contributed by atoms with E-state index in [0.29, 0.717) is 4.88 Å². The summed E-state index contributed by atoms with van der Waals surface area (Å²) in [4.78, 5) is 22.7. The molecule has 2 N–H and O–H groups in total. The predicted octanol–water partition coefficient (Wildman–Crippen LogP) is 0.995. The number of alkyl carbamates (subject to hydrolysis) is 1. The van der Waals surface area contributed by atoms with Crippen LogP contribution in [0.15, 0.2) is 17.5 Å². The van der Waals surface area contributed by atoms with Crippen LogP contribution >= 0.6 is 11.3 Å². The van der Waals surface area contributed by atoms with Gasteiger partial charge in [-0.3, -0.25) is 10.1 Å². The van der Waals surface area contributed by atoms with Gasteiger partial charge in [-0.05, 0) is 18.4 Å². The summed E-state index contributed by atoms with van der Waals surface area (Å²) in [5.41, 5.74) is 0. The van der Waals surface area contributed by atoms with Crippen LogP contribution in [-0.2, 0) is 4.74 Å². The number of thiophene rings is 1. The second kappa shape index (κ2) is 5.47. The molecule has 0 saturated carbocycles. The van der Waals surface area contributed by atoms with E-state index in [2.05, 4.69) is 4.74 Å². The third-order valence-corrected chi connectivity index (χ3v) is 2.43. The van der Waals surface area contributed by atoms with Crippen molar-refractivity contribution in [2.24, 2.45) is 0 Å². The van der Waals surface area contributed by atoms with Gasteiger partial charge in [0.25, 0.3) is 0 Å². The molecule has 1 aromatic heterocycles. The summed E-state index contributed by atoms with van der Waals surface area (Å²) in [5, 5.41) is 13.1. The predicted molar refractivity (Wildman–Crippen MR) is 54.8 cm³/mol. The number of nitrogens with one attached hydrogen (secondary N) is 1. The van der Waals surface area contributed by atoms with E-state index in [9.17, 15) is 14.7 Å². The SMILES string of the molecule is CCOC(=O)N[C@H](O)C(=O)c1cccs1. The second-order valence-corrected chi connectivity index (χ2v) is 3.56. The molecule has 0 aromatic carbocycles. The van der Waals surface area contributed by atoms with E-state index in [1.807, 2.05) is 5.32 Å². The molecule has 6 heteroatoms. The number of aliphatic hydroxyl groups is 1. The minimum atomic E-state index is -1.55. The highest BCUT2D eigenvalue weighted by atomic mass is 32.1. The normalized spacial score (nSPS) is 11.9. The van der Waals surface area contributed by atoms with Gasteiger partial charge < -0.3 is 9.84 Å². The average Bonchev–Trinajstić information content (AvgIpc) is 2.69. The molecule has 0 radical (unpaired) electrons. The van der Waals surface area contributed by atoms with Gasteiger partial charge in [0.1, 0.15) is 0 Å². The first-order valence-corrected chi connectivity index (χ1v) is 5.22. The quantitative estimate of drug-likeness (QED) is 0.596. The molecule has 1 heterocycles. The van der Waals surface area contributed by atoms with Crippen LogP contribution < -0.4 is 5.32 Å². The molecule has 0 saturated heterocycles. The fraction of sp³-hybridized carbons (Fsp3) is 0.333. The van der Waals surface area contributed by atoms with E-state index in [1.54, 1.807) is 24.4 Å². The van der Waals surface area contributed by atoms with Gasteiger partial charge in [0, 0.05) is 0 Å². The van der Waals surface area contributed by atoms with E-state index in [1.165, 1.54) is 11.3 Å². The van der Waals surface area contributed by atoms with Crippen molar-refractivity contribution in [3.63, 3.8) is 0 Å². The molecular formula is C9H11NO4S. The molecule has 0 spiro atoms. The van der Waals surface area contributed by atoms with Crippen molar-refractivity contribution in [1.82, 2.24) is 5.32 Å². The maximum atomic E-state index is 11.4. The van der Waals surface area contributed by atoms with Gasteiger partial charge >= 0.3 is 6.09 Å². The number of ether oxygens (including phenoxy) is 1. The standard InChI is InChI=1S/C9H11NO4S/c1-2-14-9(13)10-8(12)7(11)6-4-3-5-15-6/h3-5,8,12H,2H2,1H3,(H,10,13)/t8-/m1/s1. The zero-order valence-corrected chi connectivity index (χ0v) is 8.91. The Labute approximate surface area is 90.7 Å². The van der Waals surface area contributed by atoms with Crippen LogP contribution in [0, 0.1) is 0 Å². The number of hydrogen-bond donors (Lipinski definition) is 2. The van der Waals surface area contributed by atoms with E-state index < -0.39 is 18.1 Å². The van der Waals surface area contributed by atoms with Crippen molar-refractivity contribution < 1.29 is 19.4 Å². The van der Waals surface area contributed by atoms with Crippen LogP contribution in [0.4, 0.5) is 4.79 Å². The van der Waals surface area contributed by atoms with Gasteiger partial charge in [-0.15, -0.1) is 11.3 Å². The molecule has 1 amide bonds. The summed E-state index contributed by atoms with van der Waals surface area (Å²) in [6.07, 6.45) is -2.36. The number of Topliss-reactive ketones (excluding diaryl/α,β-unsaturated/α-hetero) is 1. The minimum Gasteiger partial charge on any atom is -0.450 e. The lowest BCUT2D eigenvalue weighted by molar-refractivity contribution is 0.0639. The zero-order chi connectivity index (χ0) is 11.3. The first-order valence-electron chi connectivity index (χ1n) is 4.34. The number of hydrogen-bond acceptors (Lipinski definition) is 5. The molecule has 5 nitrogen and oxygen atoms in total. The summed E-state index contributed by atoms with van der Waals surface area (Å²) in [6.45, 7) is 1.82. The Bertz CT molecular complexity index is 336. The summed E-state index contributed by atoms with van der Waals surface area (Å²) in [5.74, 6) is -0.543. The Hall–Kier alpha value is -1.40. The van der Waals surface area contributed by atoms with Crippen molar-refractivity contribution in [1.29, 1.82) is 0 Å². The van der Waals surface area contributed by atoms with Crippen LogP contribution in [-0.4, -0.2) is 29.8 Å². The van der Waals surface area contributed by atoms with Crippen molar-refractivity contribution in [2.75, 3.05) is 6.61 Å². The van der Waals surface area contributed by atoms with Gasteiger partial charge in [-0.2, -0.15) is 0 Å². The lowest BCUT2D eigenvalue weighted by Gasteiger charge is -2.10. The van der Waals surface area contributed by atoms with E-state index >= 15 is 0 Å².